The van der Waals surface area contributed by atoms with E-state index in [1.807, 2.05) is 0 Å². The number of hydrogen-bond acceptors (Lipinski definition) is 1. The Labute approximate surface area is 168 Å². The van der Waals surface area contributed by atoms with Gasteiger partial charge in [-0.1, -0.05) is 52.4 Å². The third kappa shape index (κ3) is 3.72. The number of fused-ring (bicyclic) bond motifs is 5. The molecule has 0 aromatic rings. The van der Waals surface area contributed by atoms with Gasteiger partial charge in [-0.25, -0.2) is 0 Å². The van der Waals surface area contributed by atoms with Crippen molar-refractivity contribution in [3.8, 4) is 6.07 Å². The maximum Gasteiger partial charge on any atom is 0.0689 e. The van der Waals surface area contributed by atoms with E-state index < -0.39 is 0 Å². The zero-order valence-corrected chi connectivity index (χ0v) is 18.1. The van der Waals surface area contributed by atoms with E-state index in [-0.39, 0.29) is 5.41 Å². The van der Waals surface area contributed by atoms with Crippen molar-refractivity contribution in [2.24, 2.45) is 46.8 Å². The van der Waals surface area contributed by atoms with Crippen LogP contribution in [0, 0.1) is 58.2 Å². The molecule has 0 aromatic carbocycles. The van der Waals surface area contributed by atoms with Crippen LogP contribution in [0.15, 0.2) is 0 Å². The summed E-state index contributed by atoms with van der Waals surface area (Å²) in [5.41, 5.74) is 0.0377. The van der Waals surface area contributed by atoms with Gasteiger partial charge in [0.1, 0.15) is 0 Å². The molecule has 0 aliphatic heterocycles. The summed E-state index contributed by atoms with van der Waals surface area (Å²) >= 11 is 0. The van der Waals surface area contributed by atoms with E-state index in [0.717, 1.165) is 47.8 Å². The van der Waals surface area contributed by atoms with Crippen LogP contribution in [0.2, 0.25) is 0 Å². The Hall–Kier alpha value is -0.510. The fourth-order valence-corrected chi connectivity index (χ4v) is 8.66. The van der Waals surface area contributed by atoms with Crippen LogP contribution < -0.4 is 0 Å². The lowest BCUT2D eigenvalue weighted by atomic mass is 9.48. The Morgan fingerprint density at radius 1 is 0.815 bits per heavy atom. The molecule has 27 heavy (non-hydrogen) atoms. The van der Waals surface area contributed by atoms with Gasteiger partial charge in [-0.2, -0.15) is 5.26 Å². The summed E-state index contributed by atoms with van der Waals surface area (Å²) in [4.78, 5) is 0. The first-order valence-corrected chi connectivity index (χ1v) is 12.6. The molecule has 4 rings (SSSR count). The average molecular weight is 370 g/mol. The van der Waals surface area contributed by atoms with E-state index in [9.17, 15) is 5.26 Å². The summed E-state index contributed by atoms with van der Waals surface area (Å²) in [6, 6.07) is 2.79. The molecule has 0 N–H and O–H groups in total. The Bertz CT molecular complexity index is 533. The lowest BCUT2D eigenvalue weighted by Crippen LogP contribution is -2.49. The van der Waals surface area contributed by atoms with Crippen molar-refractivity contribution in [2.45, 2.75) is 110 Å². The van der Waals surface area contributed by atoms with Crippen LogP contribution in [0.4, 0.5) is 0 Å². The maximum absolute atomic E-state index is 9.90. The zero-order valence-electron chi connectivity index (χ0n) is 18.1. The molecular weight excluding hydrogens is 326 g/mol. The Kier molecular flexibility index (Phi) is 6.21. The first-order valence-electron chi connectivity index (χ1n) is 12.6. The van der Waals surface area contributed by atoms with Crippen LogP contribution in [0.3, 0.4) is 0 Å². The molecule has 4 fully saturated rings. The van der Waals surface area contributed by atoms with Crippen LogP contribution in [0.5, 0.6) is 0 Å². The molecule has 0 bridgehead atoms. The predicted octanol–water partition coefficient (Wildman–Crippen LogP) is 7.76. The third-order valence-electron chi connectivity index (χ3n) is 9.73. The molecule has 0 heterocycles. The molecular formula is C26H43N. The SMILES string of the molecule is CCCC[C@@H]1CCCC2C3CCC4C[C@@](C#N)(CCC)CCC4C3CCC21. The summed E-state index contributed by atoms with van der Waals surface area (Å²) < 4.78 is 0. The van der Waals surface area contributed by atoms with Gasteiger partial charge in [0.15, 0.2) is 0 Å². The number of rotatable bonds is 5. The maximum atomic E-state index is 9.90. The lowest BCUT2D eigenvalue weighted by Gasteiger charge is -2.57. The van der Waals surface area contributed by atoms with Crippen molar-refractivity contribution in [3.05, 3.63) is 0 Å². The van der Waals surface area contributed by atoms with E-state index in [1.165, 1.54) is 77.0 Å². The monoisotopic (exact) mass is 369 g/mol. The quantitative estimate of drug-likeness (QED) is 0.486. The highest BCUT2D eigenvalue weighted by Crippen LogP contribution is 2.60. The third-order valence-corrected chi connectivity index (χ3v) is 9.73. The van der Waals surface area contributed by atoms with Crippen molar-refractivity contribution in [1.29, 1.82) is 5.26 Å². The van der Waals surface area contributed by atoms with Crippen LogP contribution in [0.1, 0.15) is 110 Å². The van der Waals surface area contributed by atoms with Gasteiger partial charge in [0.2, 0.25) is 0 Å². The second kappa shape index (κ2) is 8.47. The van der Waals surface area contributed by atoms with E-state index >= 15 is 0 Å². The van der Waals surface area contributed by atoms with E-state index in [1.54, 1.807) is 12.8 Å². The van der Waals surface area contributed by atoms with Gasteiger partial charge in [0.05, 0.1) is 11.5 Å². The van der Waals surface area contributed by atoms with Crippen LogP contribution in [-0.4, -0.2) is 0 Å². The van der Waals surface area contributed by atoms with E-state index in [0.29, 0.717) is 0 Å². The molecule has 4 aliphatic carbocycles. The van der Waals surface area contributed by atoms with Crippen molar-refractivity contribution in [2.75, 3.05) is 0 Å². The Balaban J connectivity index is 1.44. The molecule has 4 aliphatic rings. The van der Waals surface area contributed by atoms with Crippen LogP contribution >= 0.6 is 0 Å². The van der Waals surface area contributed by atoms with Gasteiger partial charge in [0, 0.05) is 0 Å². The Morgan fingerprint density at radius 3 is 2.33 bits per heavy atom. The molecule has 4 saturated carbocycles. The fraction of sp³-hybridized carbons (Fsp3) is 0.962. The standard InChI is InChI=1S/C26H43N/c1-3-5-7-19-8-6-9-23-21(19)12-13-24-22-14-16-26(18-27,15-4-2)17-20(22)10-11-25(23)24/h19-25H,3-17H2,1-2H3/t19-,20?,21?,22?,23?,24?,25?,26-/m1/s1. The van der Waals surface area contributed by atoms with Gasteiger partial charge >= 0.3 is 0 Å². The van der Waals surface area contributed by atoms with E-state index in [4.69, 9.17) is 0 Å². The molecule has 0 amide bonds. The second-order valence-electron chi connectivity index (χ2n) is 11.0. The summed E-state index contributed by atoms with van der Waals surface area (Å²) in [5.74, 6) is 7.12. The molecule has 6 unspecified atom stereocenters. The minimum Gasteiger partial charge on any atom is -0.198 e. The average Bonchev–Trinajstić information content (AvgIpc) is 2.71. The van der Waals surface area contributed by atoms with Crippen molar-refractivity contribution >= 4 is 0 Å². The van der Waals surface area contributed by atoms with Crippen molar-refractivity contribution in [3.63, 3.8) is 0 Å². The normalized spacial score (nSPS) is 46.6. The molecule has 0 radical (unpaired) electrons. The van der Waals surface area contributed by atoms with Crippen LogP contribution in [0.25, 0.3) is 0 Å². The van der Waals surface area contributed by atoms with Crippen LogP contribution in [-0.2, 0) is 0 Å². The summed E-state index contributed by atoms with van der Waals surface area (Å²) in [6.07, 6.45) is 21.1. The lowest BCUT2D eigenvalue weighted by molar-refractivity contribution is -0.0717. The number of nitriles is 1. The highest BCUT2D eigenvalue weighted by atomic mass is 14.6. The van der Waals surface area contributed by atoms with Gasteiger partial charge in [-0.3, -0.25) is 0 Å². The minimum absolute atomic E-state index is 0.0377. The molecule has 0 spiro atoms. The zero-order chi connectivity index (χ0) is 18.9. The predicted molar refractivity (Wildman–Crippen MR) is 113 cm³/mol. The first-order chi connectivity index (χ1) is 13.2. The molecule has 152 valence electrons. The topological polar surface area (TPSA) is 23.8 Å². The smallest absolute Gasteiger partial charge is 0.0689 e. The second-order valence-corrected chi connectivity index (χ2v) is 11.0. The molecule has 0 aromatic heterocycles. The summed E-state index contributed by atoms with van der Waals surface area (Å²) in [6.45, 7) is 4.63. The van der Waals surface area contributed by atoms with Gasteiger partial charge in [-0.15, -0.1) is 0 Å². The molecule has 8 atom stereocenters. The van der Waals surface area contributed by atoms with Gasteiger partial charge in [-0.05, 0) is 99.2 Å². The highest BCUT2D eigenvalue weighted by molar-refractivity contribution is 5.07. The first kappa shape index (κ1) is 19.8. The molecule has 0 saturated heterocycles. The molecule has 1 heteroatoms. The van der Waals surface area contributed by atoms with Crippen molar-refractivity contribution < 1.29 is 0 Å². The fourth-order valence-electron chi connectivity index (χ4n) is 8.66. The van der Waals surface area contributed by atoms with Gasteiger partial charge < -0.3 is 0 Å². The van der Waals surface area contributed by atoms with E-state index in [2.05, 4.69) is 19.9 Å². The summed E-state index contributed by atoms with van der Waals surface area (Å²) in [5, 5.41) is 9.90. The number of hydrogen-bond donors (Lipinski definition) is 0. The summed E-state index contributed by atoms with van der Waals surface area (Å²) in [7, 11) is 0. The van der Waals surface area contributed by atoms with Crippen molar-refractivity contribution in [1.82, 2.24) is 0 Å². The minimum atomic E-state index is 0.0377. The Morgan fingerprint density at radius 2 is 1.56 bits per heavy atom. The largest absolute Gasteiger partial charge is 0.198 e. The number of nitrogens with zero attached hydrogens (tertiary/aromatic N) is 1. The van der Waals surface area contributed by atoms with Gasteiger partial charge in [0.25, 0.3) is 0 Å². The number of unbranched alkanes of at least 4 members (excludes halogenated alkanes) is 1. The highest BCUT2D eigenvalue weighted by Gasteiger charge is 2.52. The molecule has 1 nitrogen and oxygen atoms in total.